The largest absolute Gasteiger partial charge is 0.342 e. The van der Waals surface area contributed by atoms with Crippen molar-refractivity contribution in [2.75, 3.05) is 13.1 Å². The van der Waals surface area contributed by atoms with Gasteiger partial charge in [-0.1, -0.05) is 18.2 Å². The van der Waals surface area contributed by atoms with Gasteiger partial charge in [0, 0.05) is 38.0 Å². The van der Waals surface area contributed by atoms with Crippen LogP contribution in [0.2, 0.25) is 0 Å². The van der Waals surface area contributed by atoms with Crippen LogP contribution in [0, 0.1) is 0 Å². The average molecular weight is 374 g/mol. The molecule has 7 heteroatoms. The zero-order valence-corrected chi connectivity index (χ0v) is 15.6. The van der Waals surface area contributed by atoms with Gasteiger partial charge >= 0.3 is 0 Å². The summed E-state index contributed by atoms with van der Waals surface area (Å²) in [6, 6.07) is 13.8. The van der Waals surface area contributed by atoms with Crippen LogP contribution in [0.4, 0.5) is 0 Å². The molecule has 1 aromatic carbocycles. The number of imidazole rings is 1. The number of aromatic amines is 1. The summed E-state index contributed by atoms with van der Waals surface area (Å²) in [5.41, 5.74) is 2.81. The Morgan fingerprint density at radius 3 is 2.96 bits per heavy atom. The number of H-pyrrole nitrogens is 1. The summed E-state index contributed by atoms with van der Waals surface area (Å²) in [5.74, 6) is 2.22. The highest BCUT2D eigenvalue weighted by atomic mass is 16.2. The molecule has 142 valence electrons. The van der Waals surface area contributed by atoms with Crippen molar-refractivity contribution in [2.45, 2.75) is 31.6 Å². The Morgan fingerprint density at radius 2 is 2.04 bits per heavy atom. The van der Waals surface area contributed by atoms with E-state index >= 15 is 0 Å². The fourth-order valence-corrected chi connectivity index (χ4v) is 4.06. The second kappa shape index (κ2) is 7.07. The highest BCUT2D eigenvalue weighted by molar-refractivity contribution is 5.77. The van der Waals surface area contributed by atoms with Gasteiger partial charge in [-0.15, -0.1) is 10.2 Å². The lowest BCUT2D eigenvalue weighted by Gasteiger charge is -2.32. The van der Waals surface area contributed by atoms with Gasteiger partial charge in [-0.25, -0.2) is 4.98 Å². The number of nitrogens with one attached hydrogen (secondary N) is 1. The zero-order valence-electron chi connectivity index (χ0n) is 15.6. The Bertz CT molecular complexity index is 1100. The van der Waals surface area contributed by atoms with Crippen LogP contribution < -0.4 is 0 Å². The summed E-state index contributed by atoms with van der Waals surface area (Å²) in [6.45, 7) is 1.51. The van der Waals surface area contributed by atoms with Crippen LogP contribution >= 0.6 is 0 Å². The van der Waals surface area contributed by atoms with E-state index in [2.05, 4.69) is 20.2 Å². The number of aryl methyl sites for hydroxylation is 1. The predicted molar refractivity (Wildman–Crippen MR) is 106 cm³/mol. The first-order valence-electron chi connectivity index (χ1n) is 9.79. The topological polar surface area (TPSA) is 79.2 Å². The maximum atomic E-state index is 12.8. The first-order chi connectivity index (χ1) is 13.8. The minimum absolute atomic E-state index is 0.180. The van der Waals surface area contributed by atoms with Gasteiger partial charge in [0.1, 0.15) is 11.6 Å². The van der Waals surface area contributed by atoms with Crippen molar-refractivity contribution in [3.05, 3.63) is 60.3 Å². The second-order valence-electron chi connectivity index (χ2n) is 7.37. The molecule has 4 heterocycles. The highest BCUT2D eigenvalue weighted by Crippen LogP contribution is 2.26. The normalized spacial score (nSPS) is 17.4. The number of amides is 1. The van der Waals surface area contributed by atoms with Crippen molar-refractivity contribution in [2.24, 2.45) is 0 Å². The van der Waals surface area contributed by atoms with Crippen molar-refractivity contribution < 1.29 is 4.79 Å². The molecular weight excluding hydrogens is 352 g/mol. The third kappa shape index (κ3) is 3.13. The lowest BCUT2D eigenvalue weighted by molar-refractivity contribution is -0.132. The van der Waals surface area contributed by atoms with Crippen molar-refractivity contribution in [1.29, 1.82) is 0 Å². The Hall–Kier alpha value is -3.22. The zero-order chi connectivity index (χ0) is 18.9. The summed E-state index contributed by atoms with van der Waals surface area (Å²) < 4.78 is 2.03. The average Bonchev–Trinajstić information content (AvgIpc) is 3.36. The molecule has 1 atom stereocenters. The number of hydrogen-bond donors (Lipinski definition) is 1. The van der Waals surface area contributed by atoms with Gasteiger partial charge in [0.15, 0.2) is 5.65 Å². The molecule has 1 aliphatic heterocycles. The van der Waals surface area contributed by atoms with Gasteiger partial charge in [0.2, 0.25) is 5.91 Å². The molecule has 0 radical (unpaired) electrons. The number of likely N-dealkylation sites (tertiary alicyclic amines) is 1. The smallest absolute Gasteiger partial charge is 0.223 e. The summed E-state index contributed by atoms with van der Waals surface area (Å²) in [6.07, 6.45) is 5.11. The summed E-state index contributed by atoms with van der Waals surface area (Å²) in [4.78, 5) is 22.7. The molecule has 0 aliphatic carbocycles. The Balaban J connectivity index is 1.26. The van der Waals surface area contributed by atoms with Gasteiger partial charge < -0.3 is 9.88 Å². The number of pyridine rings is 1. The van der Waals surface area contributed by atoms with E-state index in [4.69, 9.17) is 0 Å². The van der Waals surface area contributed by atoms with Gasteiger partial charge in [-0.2, -0.15) is 0 Å². The first-order valence-corrected chi connectivity index (χ1v) is 9.79. The minimum Gasteiger partial charge on any atom is -0.342 e. The molecule has 0 saturated carbocycles. The number of benzene rings is 1. The number of hydrogen-bond acceptors (Lipinski definition) is 4. The van der Waals surface area contributed by atoms with Crippen LogP contribution in [-0.2, 0) is 11.2 Å². The van der Waals surface area contributed by atoms with E-state index in [0.29, 0.717) is 19.4 Å². The number of para-hydroxylation sites is 2. The van der Waals surface area contributed by atoms with Crippen molar-refractivity contribution in [3.8, 4) is 0 Å². The van der Waals surface area contributed by atoms with Gasteiger partial charge in [-0.05, 0) is 37.1 Å². The van der Waals surface area contributed by atoms with E-state index < -0.39 is 0 Å². The molecule has 0 spiro atoms. The van der Waals surface area contributed by atoms with E-state index in [9.17, 15) is 4.79 Å². The molecule has 1 amide bonds. The number of carbonyl (C=O) groups excluding carboxylic acids is 1. The molecule has 1 N–H and O–H groups in total. The quantitative estimate of drug-likeness (QED) is 0.596. The number of carbonyl (C=O) groups is 1. The molecule has 7 nitrogen and oxygen atoms in total. The fraction of sp³-hybridized carbons (Fsp3) is 0.333. The van der Waals surface area contributed by atoms with E-state index in [0.717, 1.165) is 47.7 Å². The standard InChI is InChI=1S/C21H22N6O/c28-20(11-10-18-22-16-7-1-2-8-17(16)23-18)26-12-5-6-15(14-26)21-25-24-19-9-3-4-13-27(19)21/h1-4,7-9,13,15H,5-6,10-12,14H2,(H,22,23). The summed E-state index contributed by atoms with van der Waals surface area (Å²) in [7, 11) is 0. The second-order valence-corrected chi connectivity index (χ2v) is 7.37. The van der Waals surface area contributed by atoms with Gasteiger partial charge in [0.25, 0.3) is 0 Å². The maximum absolute atomic E-state index is 12.8. The Kier molecular flexibility index (Phi) is 4.27. The number of rotatable bonds is 4. The third-order valence-corrected chi connectivity index (χ3v) is 5.49. The lowest BCUT2D eigenvalue weighted by Crippen LogP contribution is -2.39. The molecule has 5 rings (SSSR count). The van der Waals surface area contributed by atoms with Crippen LogP contribution in [0.3, 0.4) is 0 Å². The molecule has 1 aliphatic rings. The number of nitrogens with zero attached hydrogens (tertiary/aromatic N) is 5. The maximum Gasteiger partial charge on any atom is 0.223 e. The predicted octanol–water partition coefficient (Wildman–Crippen LogP) is 2.94. The molecule has 1 saturated heterocycles. The van der Waals surface area contributed by atoms with Crippen LogP contribution in [0.15, 0.2) is 48.7 Å². The molecule has 28 heavy (non-hydrogen) atoms. The molecule has 0 bridgehead atoms. The van der Waals surface area contributed by atoms with E-state index in [-0.39, 0.29) is 11.8 Å². The van der Waals surface area contributed by atoms with Crippen LogP contribution in [-0.4, -0.2) is 48.5 Å². The lowest BCUT2D eigenvalue weighted by atomic mass is 9.97. The monoisotopic (exact) mass is 374 g/mol. The minimum atomic E-state index is 0.180. The van der Waals surface area contributed by atoms with Crippen LogP contribution in [0.1, 0.15) is 36.8 Å². The number of fused-ring (bicyclic) bond motifs is 2. The van der Waals surface area contributed by atoms with Crippen molar-refractivity contribution in [3.63, 3.8) is 0 Å². The molecule has 3 aromatic heterocycles. The van der Waals surface area contributed by atoms with E-state index in [1.807, 2.05) is 58.0 Å². The Morgan fingerprint density at radius 1 is 1.14 bits per heavy atom. The van der Waals surface area contributed by atoms with Gasteiger partial charge in [0.05, 0.1) is 11.0 Å². The first kappa shape index (κ1) is 16.9. The summed E-state index contributed by atoms with van der Waals surface area (Å²) in [5, 5.41) is 8.65. The SMILES string of the molecule is O=C(CCc1nc2ccccc2[nH]1)N1CCCC(c2nnc3ccccn23)C1. The van der Waals surface area contributed by atoms with Crippen LogP contribution in [0.5, 0.6) is 0 Å². The van der Waals surface area contributed by atoms with Crippen LogP contribution in [0.25, 0.3) is 16.7 Å². The van der Waals surface area contributed by atoms with Crippen molar-refractivity contribution in [1.82, 2.24) is 29.5 Å². The molecule has 4 aromatic rings. The van der Waals surface area contributed by atoms with Gasteiger partial charge in [-0.3, -0.25) is 9.20 Å². The van der Waals surface area contributed by atoms with E-state index in [1.165, 1.54) is 0 Å². The highest BCUT2D eigenvalue weighted by Gasteiger charge is 2.27. The molecular formula is C21H22N6O. The third-order valence-electron chi connectivity index (χ3n) is 5.49. The Labute approximate surface area is 162 Å². The molecule has 1 unspecified atom stereocenters. The summed E-state index contributed by atoms with van der Waals surface area (Å²) >= 11 is 0. The number of piperidine rings is 1. The van der Waals surface area contributed by atoms with Crippen molar-refractivity contribution >= 4 is 22.6 Å². The fourth-order valence-electron chi connectivity index (χ4n) is 4.06. The molecule has 1 fully saturated rings. The van der Waals surface area contributed by atoms with E-state index in [1.54, 1.807) is 0 Å². The number of aromatic nitrogens is 5.